The lowest BCUT2D eigenvalue weighted by Crippen LogP contribution is -2.05. The number of hydrogen-bond donors (Lipinski definition) is 0. The molecule has 0 aliphatic carbocycles. The Balaban J connectivity index is 1.68. The van der Waals surface area contributed by atoms with Gasteiger partial charge in [0.1, 0.15) is 11.8 Å². The van der Waals surface area contributed by atoms with E-state index < -0.39 is 0 Å². The van der Waals surface area contributed by atoms with Crippen molar-refractivity contribution in [3.05, 3.63) is 84.5 Å². The highest BCUT2D eigenvalue weighted by Crippen LogP contribution is 2.31. The quantitative estimate of drug-likeness (QED) is 0.431. The van der Waals surface area contributed by atoms with E-state index in [4.69, 9.17) is 4.42 Å². The van der Waals surface area contributed by atoms with E-state index in [1.54, 1.807) is 6.33 Å². The van der Waals surface area contributed by atoms with Crippen LogP contribution in [0.25, 0.3) is 39.3 Å². The Morgan fingerprint density at radius 3 is 2.39 bits per heavy atom. The molecule has 0 saturated carbocycles. The average Bonchev–Trinajstić information content (AvgIpc) is 3.37. The summed E-state index contributed by atoms with van der Waals surface area (Å²) in [6, 6.07) is 20.6. The monoisotopic (exact) mass is 366 g/mol. The zero-order valence-electron chi connectivity index (χ0n) is 15.6. The molecular weight excluding hydrogens is 348 g/mol. The molecule has 0 aliphatic heterocycles. The standard InChI is InChI=1S/C23H18N4O/c1-15-11-18(17-7-4-3-5-8-17)12-16(2)22(15)27-23(24-13-26-27)19-9-6-10-20-21(19)25-14-28-20/h3-14H,1-2H3. The Morgan fingerprint density at radius 1 is 0.821 bits per heavy atom. The maximum Gasteiger partial charge on any atom is 0.182 e. The predicted octanol–water partition coefficient (Wildman–Crippen LogP) is 5.36. The van der Waals surface area contributed by atoms with Crippen LogP contribution in [-0.4, -0.2) is 19.7 Å². The van der Waals surface area contributed by atoms with Crippen LogP contribution in [0.2, 0.25) is 0 Å². The van der Waals surface area contributed by atoms with Crippen molar-refractivity contribution in [2.75, 3.05) is 0 Å². The molecule has 136 valence electrons. The summed E-state index contributed by atoms with van der Waals surface area (Å²) in [6.45, 7) is 4.22. The van der Waals surface area contributed by atoms with Crippen LogP contribution in [-0.2, 0) is 0 Å². The highest BCUT2D eigenvalue weighted by Gasteiger charge is 2.17. The normalized spacial score (nSPS) is 11.2. The van der Waals surface area contributed by atoms with Gasteiger partial charge in [0.25, 0.3) is 0 Å². The first-order chi connectivity index (χ1) is 13.7. The first kappa shape index (κ1) is 16.4. The van der Waals surface area contributed by atoms with Gasteiger partial charge in [-0.2, -0.15) is 5.10 Å². The molecule has 5 aromatic rings. The van der Waals surface area contributed by atoms with Crippen molar-refractivity contribution >= 4 is 11.1 Å². The number of hydrogen-bond acceptors (Lipinski definition) is 4. The zero-order valence-corrected chi connectivity index (χ0v) is 15.6. The molecule has 0 N–H and O–H groups in total. The Bertz CT molecular complexity index is 1260. The molecule has 5 nitrogen and oxygen atoms in total. The summed E-state index contributed by atoms with van der Waals surface area (Å²) in [7, 11) is 0. The minimum absolute atomic E-state index is 0.736. The van der Waals surface area contributed by atoms with Crippen molar-refractivity contribution < 1.29 is 4.42 Å². The number of nitrogens with zero attached hydrogens (tertiary/aromatic N) is 4. The number of fused-ring (bicyclic) bond motifs is 1. The second kappa shape index (κ2) is 6.46. The highest BCUT2D eigenvalue weighted by atomic mass is 16.3. The van der Waals surface area contributed by atoms with Crippen LogP contribution in [0.5, 0.6) is 0 Å². The molecule has 2 aromatic heterocycles. The number of benzene rings is 3. The Labute approximate surface area is 162 Å². The third-order valence-electron chi connectivity index (χ3n) is 4.96. The van der Waals surface area contributed by atoms with E-state index >= 15 is 0 Å². The fraction of sp³-hybridized carbons (Fsp3) is 0.0870. The van der Waals surface area contributed by atoms with Crippen LogP contribution in [0.3, 0.4) is 0 Å². The van der Waals surface area contributed by atoms with Crippen molar-refractivity contribution in [2.24, 2.45) is 0 Å². The molecule has 0 aliphatic rings. The van der Waals surface area contributed by atoms with Gasteiger partial charge in [-0.3, -0.25) is 0 Å². The van der Waals surface area contributed by atoms with E-state index in [2.05, 4.69) is 65.3 Å². The zero-order chi connectivity index (χ0) is 19.1. The Hall–Kier alpha value is -3.73. The van der Waals surface area contributed by atoms with Gasteiger partial charge in [0.05, 0.1) is 5.69 Å². The molecule has 0 amide bonds. The first-order valence-electron chi connectivity index (χ1n) is 9.12. The molecule has 0 radical (unpaired) electrons. The molecule has 5 heteroatoms. The summed E-state index contributed by atoms with van der Waals surface area (Å²) >= 11 is 0. The van der Waals surface area contributed by atoms with Gasteiger partial charge in [0.15, 0.2) is 17.8 Å². The van der Waals surface area contributed by atoms with E-state index in [-0.39, 0.29) is 0 Å². The van der Waals surface area contributed by atoms with Crippen molar-refractivity contribution in [2.45, 2.75) is 13.8 Å². The predicted molar refractivity (Wildman–Crippen MR) is 109 cm³/mol. The van der Waals surface area contributed by atoms with Gasteiger partial charge in [-0.15, -0.1) is 0 Å². The second-order valence-electron chi connectivity index (χ2n) is 6.82. The Morgan fingerprint density at radius 2 is 1.61 bits per heavy atom. The number of aryl methyl sites for hydroxylation is 2. The number of para-hydroxylation sites is 1. The molecule has 5 rings (SSSR count). The van der Waals surface area contributed by atoms with Crippen LogP contribution < -0.4 is 0 Å². The maximum absolute atomic E-state index is 5.45. The van der Waals surface area contributed by atoms with Gasteiger partial charge in [-0.25, -0.2) is 14.6 Å². The molecule has 0 spiro atoms. The fourth-order valence-electron chi connectivity index (χ4n) is 3.74. The summed E-state index contributed by atoms with van der Waals surface area (Å²) in [5, 5.41) is 4.53. The topological polar surface area (TPSA) is 56.7 Å². The van der Waals surface area contributed by atoms with E-state index in [9.17, 15) is 0 Å². The minimum atomic E-state index is 0.736. The molecular formula is C23H18N4O. The minimum Gasteiger partial charge on any atom is -0.443 e. The SMILES string of the molecule is Cc1cc(-c2ccccc2)cc(C)c1-n1ncnc1-c1cccc2ocnc12. The van der Waals surface area contributed by atoms with Crippen LogP contribution in [0, 0.1) is 13.8 Å². The van der Waals surface area contributed by atoms with Crippen molar-refractivity contribution in [3.8, 4) is 28.2 Å². The number of oxazole rings is 1. The van der Waals surface area contributed by atoms with Crippen LogP contribution in [0.15, 0.2) is 77.8 Å². The average molecular weight is 366 g/mol. The van der Waals surface area contributed by atoms with Gasteiger partial charge < -0.3 is 4.42 Å². The Kier molecular flexibility index (Phi) is 3.79. The van der Waals surface area contributed by atoms with Crippen LogP contribution >= 0.6 is 0 Å². The van der Waals surface area contributed by atoms with Gasteiger partial charge >= 0.3 is 0 Å². The molecule has 2 heterocycles. The third-order valence-corrected chi connectivity index (χ3v) is 4.96. The summed E-state index contributed by atoms with van der Waals surface area (Å²) in [5.74, 6) is 0.748. The summed E-state index contributed by atoms with van der Waals surface area (Å²) < 4.78 is 7.34. The molecule has 0 bridgehead atoms. The van der Waals surface area contributed by atoms with Crippen molar-refractivity contribution in [1.29, 1.82) is 0 Å². The van der Waals surface area contributed by atoms with Crippen LogP contribution in [0.4, 0.5) is 0 Å². The lowest BCUT2D eigenvalue weighted by Gasteiger charge is -2.15. The van der Waals surface area contributed by atoms with Gasteiger partial charge in [-0.05, 0) is 60.4 Å². The van der Waals surface area contributed by atoms with E-state index in [0.717, 1.165) is 39.3 Å². The fourth-order valence-corrected chi connectivity index (χ4v) is 3.74. The molecule has 3 aromatic carbocycles. The van der Waals surface area contributed by atoms with E-state index in [1.165, 1.54) is 17.5 Å². The smallest absolute Gasteiger partial charge is 0.182 e. The van der Waals surface area contributed by atoms with E-state index in [0.29, 0.717) is 0 Å². The van der Waals surface area contributed by atoms with Crippen LogP contribution in [0.1, 0.15) is 11.1 Å². The number of aromatic nitrogens is 4. The molecule has 0 atom stereocenters. The molecule has 0 saturated heterocycles. The third kappa shape index (κ3) is 2.60. The molecule has 28 heavy (non-hydrogen) atoms. The molecule has 0 unspecified atom stereocenters. The largest absolute Gasteiger partial charge is 0.443 e. The van der Waals surface area contributed by atoms with Gasteiger partial charge in [-0.1, -0.05) is 36.4 Å². The highest BCUT2D eigenvalue weighted by molar-refractivity contribution is 5.88. The second-order valence-corrected chi connectivity index (χ2v) is 6.82. The summed E-state index contributed by atoms with van der Waals surface area (Å²) in [5.41, 5.74) is 8.12. The van der Waals surface area contributed by atoms with Gasteiger partial charge in [0.2, 0.25) is 0 Å². The van der Waals surface area contributed by atoms with Crippen molar-refractivity contribution in [3.63, 3.8) is 0 Å². The lowest BCUT2D eigenvalue weighted by atomic mass is 9.99. The summed E-state index contributed by atoms with van der Waals surface area (Å²) in [4.78, 5) is 8.89. The number of rotatable bonds is 3. The summed E-state index contributed by atoms with van der Waals surface area (Å²) in [6.07, 6.45) is 3.04. The van der Waals surface area contributed by atoms with Crippen molar-refractivity contribution in [1.82, 2.24) is 19.7 Å². The lowest BCUT2D eigenvalue weighted by molar-refractivity contribution is 0.602. The van der Waals surface area contributed by atoms with E-state index in [1.807, 2.05) is 28.9 Å². The van der Waals surface area contributed by atoms with Gasteiger partial charge in [0, 0.05) is 5.56 Å². The first-order valence-corrected chi connectivity index (χ1v) is 9.12. The maximum atomic E-state index is 5.45. The molecule has 0 fully saturated rings.